The Bertz CT molecular complexity index is 143. The lowest BCUT2D eigenvalue weighted by atomic mass is 9.85. The zero-order valence-electron chi connectivity index (χ0n) is 7.33. The van der Waals surface area contributed by atoms with E-state index in [2.05, 4.69) is 5.32 Å². The van der Waals surface area contributed by atoms with Crippen LogP contribution in [0.3, 0.4) is 0 Å². The maximum atomic E-state index is 9.94. The molecule has 2 saturated heterocycles. The van der Waals surface area contributed by atoms with Crippen molar-refractivity contribution in [2.45, 2.75) is 18.9 Å². The van der Waals surface area contributed by atoms with Crippen molar-refractivity contribution in [2.75, 3.05) is 24.6 Å². The van der Waals surface area contributed by atoms with Gasteiger partial charge in [0.25, 0.3) is 0 Å². The van der Waals surface area contributed by atoms with Gasteiger partial charge in [0.2, 0.25) is 0 Å². The Hall–Kier alpha value is 0.270. The molecule has 0 aromatic carbocycles. The Morgan fingerprint density at radius 1 is 1.33 bits per heavy atom. The normalized spacial score (nSPS) is 34.2. The van der Waals surface area contributed by atoms with Gasteiger partial charge in [0.05, 0.1) is 6.10 Å². The van der Waals surface area contributed by atoms with Gasteiger partial charge in [0.1, 0.15) is 0 Å². The molecular formula is C9H17NOS. The molecule has 0 radical (unpaired) electrons. The molecule has 12 heavy (non-hydrogen) atoms. The SMILES string of the molecule is OC(C1CNC1)C1CCCSC1. The molecule has 2 N–H and O–H groups in total. The maximum Gasteiger partial charge on any atom is 0.0628 e. The lowest BCUT2D eigenvalue weighted by Gasteiger charge is -2.37. The van der Waals surface area contributed by atoms with Crippen molar-refractivity contribution in [1.29, 1.82) is 0 Å². The first kappa shape index (κ1) is 8.85. The van der Waals surface area contributed by atoms with Crippen LogP contribution in [0.15, 0.2) is 0 Å². The third-order valence-electron chi connectivity index (χ3n) is 2.97. The largest absolute Gasteiger partial charge is 0.392 e. The zero-order valence-corrected chi connectivity index (χ0v) is 8.15. The molecule has 0 aromatic rings. The van der Waals surface area contributed by atoms with Gasteiger partial charge in [-0.3, -0.25) is 0 Å². The van der Waals surface area contributed by atoms with Crippen LogP contribution in [0.2, 0.25) is 0 Å². The molecule has 2 rings (SSSR count). The summed E-state index contributed by atoms with van der Waals surface area (Å²) in [5.41, 5.74) is 0. The van der Waals surface area contributed by atoms with E-state index in [9.17, 15) is 5.11 Å². The molecule has 2 aliphatic heterocycles. The lowest BCUT2D eigenvalue weighted by molar-refractivity contribution is 0.0308. The molecule has 2 heterocycles. The molecule has 0 amide bonds. The second kappa shape index (κ2) is 3.99. The van der Waals surface area contributed by atoms with Crippen molar-refractivity contribution in [3.63, 3.8) is 0 Å². The lowest BCUT2D eigenvalue weighted by Crippen LogP contribution is -2.51. The van der Waals surface area contributed by atoms with Crippen LogP contribution in [-0.2, 0) is 0 Å². The highest BCUT2D eigenvalue weighted by molar-refractivity contribution is 7.99. The van der Waals surface area contributed by atoms with E-state index in [4.69, 9.17) is 0 Å². The third-order valence-corrected chi connectivity index (χ3v) is 4.22. The molecule has 2 fully saturated rings. The van der Waals surface area contributed by atoms with Crippen molar-refractivity contribution in [1.82, 2.24) is 5.32 Å². The van der Waals surface area contributed by atoms with Gasteiger partial charge in [-0.1, -0.05) is 0 Å². The van der Waals surface area contributed by atoms with Crippen molar-refractivity contribution in [3.05, 3.63) is 0 Å². The van der Waals surface area contributed by atoms with Crippen LogP contribution >= 0.6 is 11.8 Å². The van der Waals surface area contributed by atoms with Crippen LogP contribution in [0.5, 0.6) is 0 Å². The molecule has 2 nitrogen and oxygen atoms in total. The molecule has 2 unspecified atom stereocenters. The molecule has 2 atom stereocenters. The molecule has 3 heteroatoms. The van der Waals surface area contributed by atoms with E-state index in [-0.39, 0.29) is 6.10 Å². The minimum atomic E-state index is -0.0287. The van der Waals surface area contributed by atoms with Gasteiger partial charge in [0.15, 0.2) is 0 Å². The number of hydrogen-bond acceptors (Lipinski definition) is 3. The molecule has 0 saturated carbocycles. The van der Waals surface area contributed by atoms with E-state index in [1.807, 2.05) is 11.8 Å². The fourth-order valence-electron chi connectivity index (χ4n) is 1.97. The number of aliphatic hydroxyl groups is 1. The van der Waals surface area contributed by atoms with Gasteiger partial charge in [0, 0.05) is 19.0 Å². The highest BCUT2D eigenvalue weighted by Crippen LogP contribution is 2.29. The summed E-state index contributed by atoms with van der Waals surface area (Å²) in [4.78, 5) is 0. The monoisotopic (exact) mass is 187 g/mol. The van der Waals surface area contributed by atoms with Gasteiger partial charge in [-0.05, 0) is 30.3 Å². The molecule has 70 valence electrons. The highest BCUT2D eigenvalue weighted by atomic mass is 32.2. The Kier molecular flexibility index (Phi) is 2.94. The molecule has 0 bridgehead atoms. The molecular weight excluding hydrogens is 170 g/mol. The first-order valence-corrected chi connectivity index (χ1v) is 6.00. The van der Waals surface area contributed by atoms with E-state index in [1.54, 1.807) is 0 Å². The summed E-state index contributed by atoms with van der Waals surface area (Å²) in [5, 5.41) is 13.2. The Balaban J connectivity index is 1.80. The van der Waals surface area contributed by atoms with Gasteiger partial charge < -0.3 is 10.4 Å². The Morgan fingerprint density at radius 2 is 2.17 bits per heavy atom. The second-order valence-corrected chi connectivity index (χ2v) is 5.04. The van der Waals surface area contributed by atoms with Crippen molar-refractivity contribution in [2.24, 2.45) is 11.8 Å². The summed E-state index contributed by atoms with van der Waals surface area (Å²) in [7, 11) is 0. The van der Waals surface area contributed by atoms with Gasteiger partial charge in [-0.2, -0.15) is 11.8 Å². The smallest absolute Gasteiger partial charge is 0.0628 e. The summed E-state index contributed by atoms with van der Waals surface area (Å²) in [6.45, 7) is 2.06. The first-order chi connectivity index (χ1) is 5.88. The second-order valence-electron chi connectivity index (χ2n) is 3.89. The van der Waals surface area contributed by atoms with E-state index >= 15 is 0 Å². The number of aliphatic hydroxyl groups excluding tert-OH is 1. The Morgan fingerprint density at radius 3 is 2.67 bits per heavy atom. The van der Waals surface area contributed by atoms with Crippen LogP contribution < -0.4 is 5.32 Å². The first-order valence-electron chi connectivity index (χ1n) is 4.84. The number of hydrogen-bond donors (Lipinski definition) is 2. The average molecular weight is 187 g/mol. The highest BCUT2D eigenvalue weighted by Gasteiger charge is 2.32. The van der Waals surface area contributed by atoms with Gasteiger partial charge in [-0.25, -0.2) is 0 Å². The van der Waals surface area contributed by atoms with E-state index in [0.29, 0.717) is 11.8 Å². The zero-order chi connectivity index (χ0) is 8.39. The maximum absolute atomic E-state index is 9.94. The van der Waals surface area contributed by atoms with Crippen molar-refractivity contribution < 1.29 is 5.11 Å². The quantitative estimate of drug-likeness (QED) is 0.668. The van der Waals surface area contributed by atoms with Crippen LogP contribution in [0.25, 0.3) is 0 Å². The third kappa shape index (κ3) is 1.78. The number of nitrogens with one attached hydrogen (secondary N) is 1. The predicted molar refractivity (Wildman–Crippen MR) is 52.4 cm³/mol. The van der Waals surface area contributed by atoms with Crippen molar-refractivity contribution >= 4 is 11.8 Å². The van der Waals surface area contributed by atoms with Gasteiger partial charge >= 0.3 is 0 Å². The minimum absolute atomic E-state index is 0.0287. The van der Waals surface area contributed by atoms with Crippen molar-refractivity contribution in [3.8, 4) is 0 Å². The summed E-state index contributed by atoms with van der Waals surface area (Å²) < 4.78 is 0. The standard InChI is InChI=1S/C9H17NOS/c11-9(8-4-10-5-8)7-2-1-3-12-6-7/h7-11H,1-6H2. The summed E-state index contributed by atoms with van der Waals surface area (Å²) in [5.74, 6) is 3.61. The minimum Gasteiger partial charge on any atom is -0.392 e. The van der Waals surface area contributed by atoms with E-state index < -0.39 is 0 Å². The van der Waals surface area contributed by atoms with Crippen LogP contribution in [-0.4, -0.2) is 35.8 Å². The van der Waals surface area contributed by atoms with Crippen LogP contribution in [0.4, 0.5) is 0 Å². The summed E-state index contributed by atoms with van der Waals surface area (Å²) >= 11 is 2.00. The fourth-order valence-corrected chi connectivity index (χ4v) is 3.18. The topological polar surface area (TPSA) is 32.3 Å². The number of thioether (sulfide) groups is 1. The van der Waals surface area contributed by atoms with E-state index in [0.717, 1.165) is 13.1 Å². The molecule has 0 spiro atoms. The molecule has 0 aliphatic carbocycles. The van der Waals surface area contributed by atoms with Crippen LogP contribution in [0.1, 0.15) is 12.8 Å². The molecule has 2 aliphatic rings. The van der Waals surface area contributed by atoms with Gasteiger partial charge in [-0.15, -0.1) is 0 Å². The predicted octanol–water partition coefficient (Wildman–Crippen LogP) is 0.710. The Labute approximate surface area is 78.1 Å². The average Bonchev–Trinajstić information content (AvgIpc) is 2.03. The fraction of sp³-hybridized carbons (Fsp3) is 1.00. The molecule has 0 aromatic heterocycles. The van der Waals surface area contributed by atoms with E-state index in [1.165, 1.54) is 24.3 Å². The summed E-state index contributed by atoms with van der Waals surface area (Å²) in [6, 6.07) is 0. The van der Waals surface area contributed by atoms with Crippen LogP contribution in [0, 0.1) is 11.8 Å². The summed E-state index contributed by atoms with van der Waals surface area (Å²) in [6.07, 6.45) is 2.51. The number of rotatable bonds is 2.